The van der Waals surface area contributed by atoms with Crippen LogP contribution in [-0.4, -0.2) is 81.7 Å². The summed E-state index contributed by atoms with van der Waals surface area (Å²) in [5.41, 5.74) is 1.13. The van der Waals surface area contributed by atoms with Gasteiger partial charge < -0.3 is 19.7 Å². The molecule has 0 spiro atoms. The van der Waals surface area contributed by atoms with E-state index < -0.39 is 10.0 Å². The topological polar surface area (TPSA) is 101 Å². The van der Waals surface area contributed by atoms with Crippen molar-refractivity contribution in [2.45, 2.75) is 6.54 Å². The van der Waals surface area contributed by atoms with Crippen molar-refractivity contribution in [2.24, 2.45) is 4.40 Å². The first-order chi connectivity index (χ1) is 15.0. The number of morpholine rings is 1. The van der Waals surface area contributed by atoms with Crippen LogP contribution in [0.4, 0.5) is 0 Å². The number of amides is 1. The number of amidine groups is 1. The number of nitrogens with one attached hydrogen (secondary N) is 1. The lowest BCUT2D eigenvalue weighted by Gasteiger charge is -2.28. The van der Waals surface area contributed by atoms with Crippen LogP contribution >= 0.6 is 0 Å². The maximum atomic E-state index is 12.7. The summed E-state index contributed by atoms with van der Waals surface area (Å²) in [7, 11) is -3.54. The lowest BCUT2D eigenvalue weighted by atomic mass is 10.1. The van der Waals surface area contributed by atoms with Crippen LogP contribution in [0.1, 0.15) is 5.56 Å². The van der Waals surface area contributed by atoms with E-state index in [1.165, 1.54) is 0 Å². The largest absolute Gasteiger partial charge is 0.492 e. The predicted molar refractivity (Wildman–Crippen MR) is 116 cm³/mol. The highest BCUT2D eigenvalue weighted by atomic mass is 32.2. The smallest absolute Gasteiger partial charge is 0.256 e. The molecule has 166 valence electrons. The molecule has 1 fully saturated rings. The van der Waals surface area contributed by atoms with E-state index in [0.717, 1.165) is 44.2 Å². The van der Waals surface area contributed by atoms with Gasteiger partial charge in [0.05, 0.1) is 24.5 Å². The predicted octanol–water partition coefficient (Wildman–Crippen LogP) is 0.511. The maximum absolute atomic E-state index is 12.7. The van der Waals surface area contributed by atoms with Crippen molar-refractivity contribution in [3.05, 3.63) is 53.8 Å². The minimum absolute atomic E-state index is 0.0614. The van der Waals surface area contributed by atoms with E-state index in [1.807, 2.05) is 24.3 Å². The average Bonchev–Trinajstić information content (AvgIpc) is 2.77. The quantitative estimate of drug-likeness (QED) is 0.651. The number of benzene rings is 1. The molecule has 1 aromatic carbocycles. The summed E-state index contributed by atoms with van der Waals surface area (Å²) in [6.45, 7) is 5.36. The van der Waals surface area contributed by atoms with E-state index in [1.54, 1.807) is 23.3 Å². The molecule has 0 atom stereocenters. The highest BCUT2D eigenvalue weighted by Crippen LogP contribution is 2.18. The van der Waals surface area contributed by atoms with Gasteiger partial charge in [-0.3, -0.25) is 9.69 Å². The Morgan fingerprint density at radius 2 is 2.06 bits per heavy atom. The number of nitrogens with zero attached hydrogens (tertiary/aromatic N) is 3. The van der Waals surface area contributed by atoms with E-state index in [9.17, 15) is 13.2 Å². The van der Waals surface area contributed by atoms with Crippen LogP contribution in [0.25, 0.3) is 0 Å². The second-order valence-electron chi connectivity index (χ2n) is 7.45. The van der Waals surface area contributed by atoms with Crippen LogP contribution in [0.2, 0.25) is 0 Å². The van der Waals surface area contributed by atoms with E-state index in [2.05, 4.69) is 14.6 Å². The molecule has 3 heterocycles. The third-order valence-electron chi connectivity index (χ3n) is 5.23. The summed E-state index contributed by atoms with van der Waals surface area (Å²) in [5, 5.41) is 2.84. The van der Waals surface area contributed by atoms with E-state index >= 15 is 0 Å². The Kier molecular flexibility index (Phi) is 6.69. The summed E-state index contributed by atoms with van der Waals surface area (Å²) < 4.78 is 38.7. The lowest BCUT2D eigenvalue weighted by Crippen LogP contribution is -2.42. The minimum atomic E-state index is -3.54. The van der Waals surface area contributed by atoms with Crippen molar-refractivity contribution in [1.29, 1.82) is 0 Å². The SMILES string of the molecule is O=C(NCc1cccc(OCCN2CCOCC2)c1)C1=CC=CN2CCS(=O)(=O)N=C12. The van der Waals surface area contributed by atoms with Gasteiger partial charge in [-0.2, -0.15) is 0 Å². The first-order valence-electron chi connectivity index (χ1n) is 10.3. The Morgan fingerprint density at radius 3 is 2.90 bits per heavy atom. The number of rotatable bonds is 7. The van der Waals surface area contributed by atoms with E-state index in [-0.39, 0.29) is 29.6 Å². The van der Waals surface area contributed by atoms with Gasteiger partial charge in [-0.1, -0.05) is 12.1 Å². The van der Waals surface area contributed by atoms with Gasteiger partial charge in [-0.25, -0.2) is 8.42 Å². The van der Waals surface area contributed by atoms with E-state index in [4.69, 9.17) is 9.47 Å². The highest BCUT2D eigenvalue weighted by Gasteiger charge is 2.29. The molecule has 0 radical (unpaired) electrons. The van der Waals surface area contributed by atoms with Crippen molar-refractivity contribution in [3.63, 3.8) is 0 Å². The van der Waals surface area contributed by atoms with Crippen molar-refractivity contribution in [2.75, 3.05) is 51.8 Å². The molecule has 0 unspecified atom stereocenters. The van der Waals surface area contributed by atoms with Crippen LogP contribution < -0.4 is 10.1 Å². The Balaban J connectivity index is 1.32. The molecule has 0 saturated carbocycles. The molecular formula is C21H26N4O5S. The Labute approximate surface area is 182 Å². The zero-order valence-electron chi connectivity index (χ0n) is 17.2. The van der Waals surface area contributed by atoms with Crippen molar-refractivity contribution in [3.8, 4) is 5.75 Å². The summed E-state index contributed by atoms with van der Waals surface area (Å²) >= 11 is 0. The summed E-state index contributed by atoms with van der Waals surface area (Å²) in [5.74, 6) is 0.484. The first-order valence-corrected chi connectivity index (χ1v) is 11.9. The third-order valence-corrected chi connectivity index (χ3v) is 6.38. The van der Waals surface area contributed by atoms with Gasteiger partial charge in [0.25, 0.3) is 15.9 Å². The van der Waals surface area contributed by atoms with Gasteiger partial charge in [-0.15, -0.1) is 4.40 Å². The Hall–Kier alpha value is -2.69. The van der Waals surface area contributed by atoms with Gasteiger partial charge in [-0.05, 0) is 29.8 Å². The van der Waals surface area contributed by atoms with Crippen molar-refractivity contribution >= 4 is 21.8 Å². The third kappa shape index (κ3) is 5.72. The minimum Gasteiger partial charge on any atom is -0.492 e. The van der Waals surface area contributed by atoms with Gasteiger partial charge in [0.15, 0.2) is 5.84 Å². The molecule has 1 N–H and O–H groups in total. The van der Waals surface area contributed by atoms with Crippen LogP contribution in [-0.2, 0) is 26.1 Å². The van der Waals surface area contributed by atoms with Crippen LogP contribution in [0.5, 0.6) is 5.75 Å². The van der Waals surface area contributed by atoms with Crippen molar-refractivity contribution in [1.82, 2.24) is 15.1 Å². The van der Waals surface area contributed by atoms with Crippen LogP contribution in [0.15, 0.2) is 52.6 Å². The van der Waals surface area contributed by atoms with Gasteiger partial charge >= 0.3 is 0 Å². The molecule has 31 heavy (non-hydrogen) atoms. The lowest BCUT2D eigenvalue weighted by molar-refractivity contribution is -0.117. The molecule has 1 amide bonds. The average molecular weight is 447 g/mol. The molecule has 9 nitrogen and oxygen atoms in total. The molecule has 0 aromatic heterocycles. The van der Waals surface area contributed by atoms with Gasteiger partial charge in [0.2, 0.25) is 0 Å². The fraction of sp³-hybridized carbons (Fsp3) is 0.429. The fourth-order valence-corrected chi connectivity index (χ4v) is 4.52. The number of sulfonamides is 1. The Bertz CT molecular complexity index is 1010. The molecule has 3 aliphatic rings. The molecule has 10 heteroatoms. The number of ether oxygens (including phenoxy) is 2. The molecule has 1 aromatic rings. The first kappa shape index (κ1) is 21.5. The second kappa shape index (κ2) is 9.63. The molecule has 1 saturated heterocycles. The summed E-state index contributed by atoms with van der Waals surface area (Å²) in [6, 6.07) is 7.56. The van der Waals surface area contributed by atoms with Gasteiger partial charge in [0, 0.05) is 38.9 Å². The zero-order chi connectivity index (χ0) is 21.7. The van der Waals surface area contributed by atoms with Gasteiger partial charge in [0.1, 0.15) is 12.4 Å². The van der Waals surface area contributed by atoms with Crippen LogP contribution in [0.3, 0.4) is 0 Å². The zero-order valence-corrected chi connectivity index (χ0v) is 18.0. The standard InChI is InChI=1S/C21H26N4O5S/c26-21(19-5-2-6-25-10-14-31(27,28)23-20(19)25)22-16-17-3-1-4-18(15-17)30-13-9-24-7-11-29-12-8-24/h1-6,15H,7-14,16H2,(H,22,26). The summed E-state index contributed by atoms with van der Waals surface area (Å²) in [6.07, 6.45) is 5.02. The number of hydrogen-bond acceptors (Lipinski definition) is 7. The molecule has 0 aliphatic carbocycles. The number of hydrogen-bond donors (Lipinski definition) is 1. The monoisotopic (exact) mass is 446 g/mol. The number of carbonyl (C=O) groups excluding carboxylic acids is 1. The molecular weight excluding hydrogens is 420 g/mol. The molecule has 3 aliphatic heterocycles. The van der Waals surface area contributed by atoms with E-state index in [0.29, 0.717) is 13.2 Å². The maximum Gasteiger partial charge on any atom is 0.256 e. The summed E-state index contributed by atoms with van der Waals surface area (Å²) in [4.78, 5) is 16.7. The fourth-order valence-electron chi connectivity index (χ4n) is 3.53. The number of fused-ring (bicyclic) bond motifs is 1. The second-order valence-corrected chi connectivity index (χ2v) is 9.20. The molecule has 4 rings (SSSR count). The Morgan fingerprint density at radius 1 is 1.23 bits per heavy atom. The molecule has 0 bridgehead atoms. The number of allylic oxidation sites excluding steroid dienone is 2. The van der Waals surface area contributed by atoms with Crippen LogP contribution in [0, 0.1) is 0 Å². The highest BCUT2D eigenvalue weighted by molar-refractivity contribution is 7.90. The normalized spacial score (nSPS) is 20.5. The van der Waals surface area contributed by atoms with Crippen molar-refractivity contribution < 1.29 is 22.7 Å². The number of carbonyl (C=O) groups is 1.